The van der Waals surface area contributed by atoms with Crippen LogP contribution in [0.3, 0.4) is 0 Å². The van der Waals surface area contributed by atoms with Crippen LogP contribution in [0, 0.1) is 17.8 Å². The Balaban J connectivity index is 1.77. The summed E-state index contributed by atoms with van der Waals surface area (Å²) in [5.41, 5.74) is 1.96. The van der Waals surface area contributed by atoms with Crippen LogP contribution < -0.4 is 0 Å². The van der Waals surface area contributed by atoms with Gasteiger partial charge in [-0.1, -0.05) is 67.6 Å². The lowest BCUT2D eigenvalue weighted by Gasteiger charge is -2.36. The lowest BCUT2D eigenvalue weighted by Crippen LogP contribution is -2.39. The molecule has 0 N–H and O–H groups in total. The van der Waals surface area contributed by atoms with Crippen LogP contribution >= 0.6 is 0 Å². The Labute approximate surface area is 137 Å². The molecule has 1 saturated heterocycles. The average Bonchev–Trinajstić information content (AvgIpc) is 3.18. The van der Waals surface area contributed by atoms with Crippen LogP contribution in [0.15, 0.2) is 60.7 Å². The average molecular weight is 306 g/mol. The summed E-state index contributed by atoms with van der Waals surface area (Å²) in [7, 11) is 0. The molecule has 1 heterocycles. The highest BCUT2D eigenvalue weighted by Gasteiger charge is 2.57. The van der Waals surface area contributed by atoms with E-state index in [0.717, 1.165) is 25.2 Å². The fraction of sp³-hybridized carbons (Fsp3) is 0.381. The molecule has 1 aliphatic carbocycles. The van der Waals surface area contributed by atoms with Crippen LogP contribution in [0.25, 0.3) is 0 Å². The highest BCUT2D eigenvalue weighted by molar-refractivity contribution is 5.99. The van der Waals surface area contributed by atoms with E-state index in [1.165, 1.54) is 5.56 Å². The predicted molar refractivity (Wildman–Crippen MR) is 90.5 cm³/mol. The number of hydrogen-bond donors (Lipinski definition) is 0. The molecule has 2 heteroatoms. The molecule has 0 unspecified atom stereocenters. The molecule has 4 rings (SSSR count). The van der Waals surface area contributed by atoms with Crippen LogP contribution in [0.4, 0.5) is 0 Å². The Morgan fingerprint density at radius 3 is 2.35 bits per heavy atom. The Morgan fingerprint density at radius 1 is 1.00 bits per heavy atom. The molecule has 2 aliphatic rings. The summed E-state index contributed by atoms with van der Waals surface area (Å²) in [5.74, 6) is 1.25. The number of carbonyl (C=O) groups is 1. The maximum Gasteiger partial charge on any atom is 0.166 e. The topological polar surface area (TPSA) is 26.3 Å². The van der Waals surface area contributed by atoms with Gasteiger partial charge < -0.3 is 4.74 Å². The van der Waals surface area contributed by atoms with Crippen molar-refractivity contribution in [1.29, 1.82) is 0 Å². The van der Waals surface area contributed by atoms with Gasteiger partial charge in [-0.3, -0.25) is 4.79 Å². The van der Waals surface area contributed by atoms with Crippen molar-refractivity contribution >= 4 is 5.78 Å². The molecular weight excluding hydrogens is 284 g/mol. The van der Waals surface area contributed by atoms with E-state index >= 15 is 0 Å². The van der Waals surface area contributed by atoms with E-state index in [1.54, 1.807) is 0 Å². The summed E-state index contributed by atoms with van der Waals surface area (Å²) in [4.78, 5) is 13.2. The van der Waals surface area contributed by atoms with E-state index in [2.05, 4.69) is 31.2 Å². The maximum atomic E-state index is 13.2. The monoisotopic (exact) mass is 306 g/mol. The van der Waals surface area contributed by atoms with Gasteiger partial charge in [0.2, 0.25) is 0 Å². The minimum absolute atomic E-state index is 0.0335. The highest BCUT2D eigenvalue weighted by Crippen LogP contribution is 2.55. The first-order chi connectivity index (χ1) is 11.2. The normalized spacial score (nSPS) is 32.7. The zero-order valence-electron chi connectivity index (χ0n) is 13.4. The van der Waals surface area contributed by atoms with E-state index in [9.17, 15) is 4.79 Å². The minimum Gasteiger partial charge on any atom is -0.381 e. The SMILES string of the molecule is C[C@@]1(c2ccccc2)[C@@H](C(=O)c2ccccc2)C[C@H]2COC[C@H]21. The Hall–Kier alpha value is -1.93. The zero-order valence-corrected chi connectivity index (χ0v) is 13.4. The second-order valence-electron chi connectivity index (χ2n) is 7.07. The first kappa shape index (κ1) is 14.6. The molecule has 0 bridgehead atoms. The van der Waals surface area contributed by atoms with Crippen molar-refractivity contribution in [3.63, 3.8) is 0 Å². The number of ketones is 1. The summed E-state index contributed by atoms with van der Waals surface area (Å²) in [5, 5.41) is 0. The predicted octanol–water partition coefficient (Wildman–Crippen LogP) is 4.11. The summed E-state index contributed by atoms with van der Waals surface area (Å²) in [6.45, 7) is 3.84. The van der Waals surface area contributed by atoms with Crippen molar-refractivity contribution < 1.29 is 9.53 Å². The quantitative estimate of drug-likeness (QED) is 0.798. The largest absolute Gasteiger partial charge is 0.381 e. The van der Waals surface area contributed by atoms with E-state index in [0.29, 0.717) is 11.8 Å². The van der Waals surface area contributed by atoms with Gasteiger partial charge in [-0.2, -0.15) is 0 Å². The van der Waals surface area contributed by atoms with E-state index in [-0.39, 0.29) is 17.1 Å². The van der Waals surface area contributed by atoms with Crippen LogP contribution in [-0.2, 0) is 10.2 Å². The van der Waals surface area contributed by atoms with Crippen LogP contribution in [-0.4, -0.2) is 19.0 Å². The minimum atomic E-state index is -0.144. The van der Waals surface area contributed by atoms with E-state index in [4.69, 9.17) is 4.74 Å². The molecule has 0 amide bonds. The standard InChI is InChI=1S/C21H22O2/c1-21(17-10-6-3-7-11-17)18(12-16-13-23-14-19(16)21)20(22)15-8-4-2-5-9-15/h2-11,16,18-19H,12-14H2,1H3/t16-,18+,19+,21+/m0/s1. The second kappa shape index (κ2) is 5.61. The molecule has 4 atom stereocenters. The number of rotatable bonds is 3. The Kier molecular flexibility index (Phi) is 3.57. The van der Waals surface area contributed by atoms with E-state index in [1.807, 2.05) is 36.4 Å². The van der Waals surface area contributed by atoms with E-state index < -0.39 is 0 Å². The Bertz CT molecular complexity index is 694. The van der Waals surface area contributed by atoms with Crippen LogP contribution in [0.2, 0.25) is 0 Å². The van der Waals surface area contributed by atoms with Gasteiger partial charge in [0, 0.05) is 23.5 Å². The van der Waals surface area contributed by atoms with Gasteiger partial charge in [-0.05, 0) is 23.8 Å². The van der Waals surface area contributed by atoms with Gasteiger partial charge >= 0.3 is 0 Å². The molecule has 0 aromatic heterocycles. The molecule has 2 fully saturated rings. The van der Waals surface area contributed by atoms with Crippen molar-refractivity contribution in [2.75, 3.05) is 13.2 Å². The van der Waals surface area contributed by atoms with Crippen LogP contribution in [0.1, 0.15) is 29.3 Å². The van der Waals surface area contributed by atoms with Gasteiger partial charge in [0.05, 0.1) is 6.61 Å². The van der Waals surface area contributed by atoms with Crippen molar-refractivity contribution in [3.8, 4) is 0 Å². The van der Waals surface area contributed by atoms with Crippen molar-refractivity contribution in [1.82, 2.24) is 0 Å². The Morgan fingerprint density at radius 2 is 1.65 bits per heavy atom. The lowest BCUT2D eigenvalue weighted by atomic mass is 9.66. The highest BCUT2D eigenvalue weighted by atomic mass is 16.5. The molecule has 0 spiro atoms. The van der Waals surface area contributed by atoms with Gasteiger partial charge in [-0.15, -0.1) is 0 Å². The van der Waals surface area contributed by atoms with Crippen molar-refractivity contribution in [2.24, 2.45) is 17.8 Å². The first-order valence-corrected chi connectivity index (χ1v) is 8.44. The number of ether oxygens (including phenoxy) is 1. The molecule has 1 aliphatic heterocycles. The van der Waals surface area contributed by atoms with Gasteiger partial charge in [-0.25, -0.2) is 0 Å². The summed E-state index contributed by atoms with van der Waals surface area (Å²) >= 11 is 0. The lowest BCUT2D eigenvalue weighted by molar-refractivity contribution is 0.0816. The number of benzene rings is 2. The third-order valence-corrected chi connectivity index (χ3v) is 6.00. The smallest absolute Gasteiger partial charge is 0.166 e. The summed E-state index contributed by atoms with van der Waals surface area (Å²) in [6, 6.07) is 20.3. The fourth-order valence-corrected chi connectivity index (χ4v) is 4.70. The molecule has 118 valence electrons. The summed E-state index contributed by atoms with van der Waals surface area (Å²) in [6.07, 6.45) is 0.934. The number of Topliss-reactive ketones (excluding diaryl/α,β-unsaturated/α-hetero) is 1. The van der Waals surface area contributed by atoms with Crippen LogP contribution in [0.5, 0.6) is 0 Å². The van der Waals surface area contributed by atoms with Gasteiger partial charge in [0.1, 0.15) is 0 Å². The number of hydrogen-bond acceptors (Lipinski definition) is 2. The molecule has 2 nitrogen and oxygen atoms in total. The maximum absolute atomic E-state index is 13.2. The molecule has 2 aromatic carbocycles. The number of carbonyl (C=O) groups excluding carboxylic acids is 1. The molecule has 1 saturated carbocycles. The molecule has 0 radical (unpaired) electrons. The molecular formula is C21H22O2. The van der Waals surface area contributed by atoms with Gasteiger partial charge in [0.25, 0.3) is 0 Å². The van der Waals surface area contributed by atoms with Gasteiger partial charge in [0.15, 0.2) is 5.78 Å². The first-order valence-electron chi connectivity index (χ1n) is 8.44. The second-order valence-corrected chi connectivity index (χ2v) is 7.07. The number of fused-ring (bicyclic) bond motifs is 1. The third-order valence-electron chi connectivity index (χ3n) is 6.00. The van der Waals surface area contributed by atoms with Crippen molar-refractivity contribution in [3.05, 3.63) is 71.8 Å². The third kappa shape index (κ3) is 2.24. The fourth-order valence-electron chi connectivity index (χ4n) is 4.70. The molecule has 2 aromatic rings. The molecule has 23 heavy (non-hydrogen) atoms. The zero-order chi connectivity index (χ0) is 15.9. The summed E-state index contributed by atoms with van der Waals surface area (Å²) < 4.78 is 5.75. The van der Waals surface area contributed by atoms with Crippen molar-refractivity contribution in [2.45, 2.75) is 18.8 Å².